The van der Waals surface area contributed by atoms with Gasteiger partial charge in [-0.1, -0.05) is 17.7 Å². The van der Waals surface area contributed by atoms with Gasteiger partial charge in [-0.15, -0.1) is 0 Å². The zero-order valence-corrected chi connectivity index (χ0v) is 10.4. The minimum absolute atomic E-state index is 0.110. The van der Waals surface area contributed by atoms with Crippen LogP contribution < -0.4 is 10.5 Å². The fraction of sp³-hybridized carbons (Fsp3) is 0.500. The first-order valence-corrected chi connectivity index (χ1v) is 5.44. The quantitative estimate of drug-likeness (QED) is 0.860. The summed E-state index contributed by atoms with van der Waals surface area (Å²) < 4.78 is 5.59. The van der Waals surface area contributed by atoms with E-state index in [1.54, 1.807) is 0 Å². The molecule has 0 unspecified atom stereocenters. The summed E-state index contributed by atoms with van der Waals surface area (Å²) >= 11 is 6.02. The summed E-state index contributed by atoms with van der Waals surface area (Å²) in [6.07, 6.45) is 0.110. The van der Waals surface area contributed by atoms with Crippen molar-refractivity contribution < 1.29 is 4.74 Å². The summed E-state index contributed by atoms with van der Waals surface area (Å²) in [5, 5.41) is 0.622. The fourth-order valence-electron chi connectivity index (χ4n) is 1.25. The first kappa shape index (κ1) is 12.3. The Hall–Kier alpha value is -0.730. The molecule has 0 saturated carbocycles. The van der Waals surface area contributed by atoms with Crippen molar-refractivity contribution in [1.29, 1.82) is 0 Å². The Labute approximate surface area is 96.4 Å². The van der Waals surface area contributed by atoms with Crippen LogP contribution in [-0.4, -0.2) is 6.10 Å². The molecule has 0 atom stereocenters. The van der Waals surface area contributed by atoms with Crippen LogP contribution in [0.3, 0.4) is 0 Å². The third-order valence-corrected chi connectivity index (χ3v) is 2.35. The monoisotopic (exact) mass is 227 g/mol. The van der Waals surface area contributed by atoms with E-state index in [9.17, 15) is 0 Å². The summed E-state index contributed by atoms with van der Waals surface area (Å²) in [6.45, 7) is 7.85. The molecule has 2 nitrogen and oxygen atoms in total. The molecule has 15 heavy (non-hydrogen) atoms. The lowest BCUT2D eigenvalue weighted by Crippen LogP contribution is -2.28. The summed E-state index contributed by atoms with van der Waals surface area (Å²) in [6, 6.07) is 5.65. The van der Waals surface area contributed by atoms with Crippen LogP contribution in [0.5, 0.6) is 5.75 Å². The summed E-state index contributed by atoms with van der Waals surface area (Å²) in [4.78, 5) is 0. The Bertz CT molecular complexity index is 342. The maximum Gasteiger partial charge on any atom is 0.138 e. The maximum atomic E-state index is 6.02. The molecule has 0 amide bonds. The van der Waals surface area contributed by atoms with Crippen LogP contribution in [0.15, 0.2) is 18.2 Å². The van der Waals surface area contributed by atoms with Crippen molar-refractivity contribution in [3.05, 3.63) is 28.8 Å². The zero-order chi connectivity index (χ0) is 11.6. The fourth-order valence-corrected chi connectivity index (χ4v) is 1.41. The van der Waals surface area contributed by atoms with E-state index in [1.807, 2.05) is 45.9 Å². The maximum absolute atomic E-state index is 6.02. The molecule has 0 bridgehead atoms. The molecule has 2 N–H and O–H groups in total. The predicted octanol–water partition coefficient (Wildman–Crippen LogP) is 3.32. The first-order chi connectivity index (χ1) is 6.80. The third kappa shape index (κ3) is 3.40. The van der Waals surface area contributed by atoms with Gasteiger partial charge in [-0.05, 0) is 45.4 Å². The molecule has 0 saturated heterocycles. The average molecular weight is 228 g/mol. The summed E-state index contributed by atoms with van der Waals surface area (Å²) in [5.74, 6) is 0.697. The van der Waals surface area contributed by atoms with Gasteiger partial charge in [-0.2, -0.15) is 0 Å². The van der Waals surface area contributed by atoms with Crippen molar-refractivity contribution >= 4 is 11.6 Å². The van der Waals surface area contributed by atoms with Gasteiger partial charge in [0.25, 0.3) is 0 Å². The van der Waals surface area contributed by atoms with Crippen LogP contribution >= 0.6 is 11.6 Å². The molecule has 3 heteroatoms. The Balaban J connectivity index is 3.06. The predicted molar refractivity (Wildman–Crippen MR) is 64.4 cm³/mol. The van der Waals surface area contributed by atoms with E-state index < -0.39 is 0 Å². The summed E-state index contributed by atoms with van der Waals surface area (Å²) in [7, 11) is 0. The van der Waals surface area contributed by atoms with Gasteiger partial charge in [0, 0.05) is 5.54 Å². The van der Waals surface area contributed by atoms with Crippen molar-refractivity contribution in [2.24, 2.45) is 5.73 Å². The lowest BCUT2D eigenvalue weighted by molar-refractivity contribution is 0.242. The molecule has 0 aliphatic heterocycles. The second kappa shape index (κ2) is 4.42. The lowest BCUT2D eigenvalue weighted by atomic mass is 9.95. The number of hydrogen-bond donors (Lipinski definition) is 1. The van der Waals surface area contributed by atoms with Crippen molar-refractivity contribution in [3.8, 4) is 5.75 Å². The Morgan fingerprint density at radius 3 is 2.40 bits per heavy atom. The van der Waals surface area contributed by atoms with Crippen LogP contribution in [0.2, 0.25) is 5.02 Å². The van der Waals surface area contributed by atoms with Crippen LogP contribution in [0.25, 0.3) is 0 Å². The molecule has 1 rings (SSSR count). The van der Waals surface area contributed by atoms with Crippen LogP contribution in [0.4, 0.5) is 0 Å². The zero-order valence-electron chi connectivity index (χ0n) is 9.67. The van der Waals surface area contributed by atoms with E-state index in [1.165, 1.54) is 0 Å². The van der Waals surface area contributed by atoms with E-state index in [0.29, 0.717) is 10.8 Å². The molecular weight excluding hydrogens is 210 g/mol. The van der Waals surface area contributed by atoms with E-state index in [0.717, 1.165) is 5.56 Å². The lowest BCUT2D eigenvalue weighted by Gasteiger charge is -2.21. The molecule has 0 radical (unpaired) electrons. The molecule has 1 aromatic rings. The molecule has 0 aliphatic carbocycles. The van der Waals surface area contributed by atoms with Gasteiger partial charge in [0.2, 0.25) is 0 Å². The van der Waals surface area contributed by atoms with Gasteiger partial charge in [0.05, 0.1) is 11.1 Å². The Kier molecular flexibility index (Phi) is 3.63. The first-order valence-electron chi connectivity index (χ1n) is 5.06. The topological polar surface area (TPSA) is 35.2 Å². The number of hydrogen-bond acceptors (Lipinski definition) is 2. The second-order valence-electron chi connectivity index (χ2n) is 4.53. The second-order valence-corrected chi connectivity index (χ2v) is 4.94. The van der Waals surface area contributed by atoms with Crippen LogP contribution in [0, 0.1) is 0 Å². The number of ether oxygens (including phenoxy) is 1. The van der Waals surface area contributed by atoms with Crippen LogP contribution in [-0.2, 0) is 5.54 Å². The summed E-state index contributed by atoms with van der Waals surface area (Å²) in [5.41, 5.74) is 6.65. The van der Waals surface area contributed by atoms with Crippen molar-refractivity contribution in [1.82, 2.24) is 0 Å². The molecule has 0 aliphatic rings. The highest BCUT2D eigenvalue weighted by atomic mass is 35.5. The van der Waals surface area contributed by atoms with Gasteiger partial charge in [-0.3, -0.25) is 0 Å². The largest absolute Gasteiger partial charge is 0.489 e. The van der Waals surface area contributed by atoms with Crippen molar-refractivity contribution in [2.45, 2.75) is 39.3 Å². The standard InChI is InChI=1S/C12H18ClNO/c1-8(2)15-11-7-9(12(3,4)14)5-6-10(11)13/h5-8H,14H2,1-4H3. The normalized spacial score (nSPS) is 11.9. The highest BCUT2D eigenvalue weighted by Crippen LogP contribution is 2.30. The van der Waals surface area contributed by atoms with Gasteiger partial charge in [0.1, 0.15) is 5.75 Å². The van der Waals surface area contributed by atoms with E-state index in [4.69, 9.17) is 22.1 Å². The SMILES string of the molecule is CC(C)Oc1cc(C(C)(C)N)ccc1Cl. The number of benzene rings is 1. The number of nitrogens with two attached hydrogens (primary N) is 1. The molecule has 1 aromatic carbocycles. The van der Waals surface area contributed by atoms with Crippen molar-refractivity contribution in [2.75, 3.05) is 0 Å². The van der Waals surface area contributed by atoms with Crippen LogP contribution in [0.1, 0.15) is 33.3 Å². The number of halogens is 1. The highest BCUT2D eigenvalue weighted by Gasteiger charge is 2.16. The van der Waals surface area contributed by atoms with Gasteiger partial charge < -0.3 is 10.5 Å². The average Bonchev–Trinajstić information content (AvgIpc) is 2.06. The van der Waals surface area contributed by atoms with E-state index in [-0.39, 0.29) is 11.6 Å². The van der Waals surface area contributed by atoms with Gasteiger partial charge in [-0.25, -0.2) is 0 Å². The molecule has 0 fully saturated rings. The highest BCUT2D eigenvalue weighted by molar-refractivity contribution is 6.32. The molecule has 0 heterocycles. The number of rotatable bonds is 3. The molecule has 0 aromatic heterocycles. The van der Waals surface area contributed by atoms with Crippen molar-refractivity contribution in [3.63, 3.8) is 0 Å². The molecular formula is C12H18ClNO. The van der Waals surface area contributed by atoms with Gasteiger partial charge in [0.15, 0.2) is 0 Å². The smallest absolute Gasteiger partial charge is 0.138 e. The van der Waals surface area contributed by atoms with E-state index in [2.05, 4.69) is 0 Å². The van der Waals surface area contributed by atoms with E-state index >= 15 is 0 Å². The minimum atomic E-state index is -0.375. The third-order valence-electron chi connectivity index (χ3n) is 2.04. The molecule has 0 spiro atoms. The minimum Gasteiger partial charge on any atom is -0.489 e. The van der Waals surface area contributed by atoms with Gasteiger partial charge >= 0.3 is 0 Å². The molecule has 84 valence electrons. The Morgan fingerprint density at radius 1 is 1.33 bits per heavy atom. The Morgan fingerprint density at radius 2 is 1.93 bits per heavy atom.